The second-order valence-corrected chi connectivity index (χ2v) is 8.34. The fourth-order valence-electron chi connectivity index (χ4n) is 2.66. The number of imidazole rings is 1. The van der Waals surface area contributed by atoms with Crippen LogP contribution < -0.4 is 9.47 Å². The second kappa shape index (κ2) is 8.06. The molecule has 0 bridgehead atoms. The Labute approximate surface area is 169 Å². The summed E-state index contributed by atoms with van der Waals surface area (Å²) in [6.45, 7) is 0. The first-order valence-corrected chi connectivity index (χ1v) is 10.0. The maximum absolute atomic E-state index is 13.1. The minimum atomic E-state index is -3.97. The third kappa shape index (κ3) is 4.01. The van der Waals surface area contributed by atoms with Crippen molar-refractivity contribution in [3.05, 3.63) is 66.1 Å². The standard InChI is InChI=1S/C20H21N3O5S/c1-22(2)29(25,26)23-13-18(14-8-10-16(27-3)11-9-14)21-20(23)19(24)15-6-5-7-17(12-15)28-4/h5-13H,1-4H3. The van der Waals surface area contributed by atoms with Gasteiger partial charge in [-0.2, -0.15) is 12.7 Å². The van der Waals surface area contributed by atoms with Crippen LogP contribution in [0, 0.1) is 0 Å². The summed E-state index contributed by atoms with van der Waals surface area (Å²) in [7, 11) is 1.86. The van der Waals surface area contributed by atoms with Gasteiger partial charge in [-0.15, -0.1) is 0 Å². The summed E-state index contributed by atoms with van der Waals surface area (Å²) in [5, 5.41) is 0. The summed E-state index contributed by atoms with van der Waals surface area (Å²) >= 11 is 0. The van der Waals surface area contributed by atoms with Gasteiger partial charge in [0, 0.05) is 25.2 Å². The van der Waals surface area contributed by atoms with Gasteiger partial charge < -0.3 is 9.47 Å². The number of nitrogens with zero attached hydrogens (tertiary/aromatic N) is 3. The van der Waals surface area contributed by atoms with Gasteiger partial charge in [0.15, 0.2) is 5.82 Å². The van der Waals surface area contributed by atoms with E-state index in [9.17, 15) is 13.2 Å². The normalized spacial score (nSPS) is 11.5. The number of hydrogen-bond acceptors (Lipinski definition) is 6. The lowest BCUT2D eigenvalue weighted by Crippen LogP contribution is -2.30. The number of benzene rings is 2. The maximum atomic E-state index is 13.1. The van der Waals surface area contributed by atoms with Gasteiger partial charge in [-0.1, -0.05) is 12.1 Å². The lowest BCUT2D eigenvalue weighted by Gasteiger charge is -2.13. The van der Waals surface area contributed by atoms with E-state index in [1.807, 2.05) is 0 Å². The zero-order chi connectivity index (χ0) is 21.2. The molecule has 0 amide bonds. The van der Waals surface area contributed by atoms with Gasteiger partial charge in [-0.25, -0.2) is 8.96 Å². The van der Waals surface area contributed by atoms with Crippen LogP contribution in [0.5, 0.6) is 11.5 Å². The number of methoxy groups -OCH3 is 2. The van der Waals surface area contributed by atoms with E-state index in [1.165, 1.54) is 33.5 Å². The van der Waals surface area contributed by atoms with Crippen molar-refractivity contribution >= 4 is 16.0 Å². The molecule has 0 aliphatic heterocycles. The molecule has 0 unspecified atom stereocenters. The molecule has 1 heterocycles. The highest BCUT2D eigenvalue weighted by molar-refractivity contribution is 7.87. The Morgan fingerprint density at radius 1 is 1.00 bits per heavy atom. The van der Waals surface area contributed by atoms with Crippen molar-refractivity contribution in [2.24, 2.45) is 0 Å². The molecule has 0 N–H and O–H groups in total. The zero-order valence-electron chi connectivity index (χ0n) is 16.5. The Hall–Kier alpha value is -3.17. The first-order valence-electron chi connectivity index (χ1n) is 8.63. The fourth-order valence-corrected chi connectivity index (χ4v) is 3.59. The SMILES string of the molecule is COc1ccc(-c2cn(S(=O)(=O)N(C)C)c(C(=O)c3cccc(OC)c3)n2)cc1. The molecule has 0 fully saturated rings. The molecule has 0 aliphatic rings. The van der Waals surface area contributed by atoms with E-state index < -0.39 is 16.0 Å². The summed E-state index contributed by atoms with van der Waals surface area (Å²) in [6, 6.07) is 13.4. The molecule has 152 valence electrons. The van der Waals surface area contributed by atoms with E-state index in [2.05, 4.69) is 4.98 Å². The molecular weight excluding hydrogens is 394 g/mol. The smallest absolute Gasteiger partial charge is 0.308 e. The number of aromatic nitrogens is 2. The van der Waals surface area contributed by atoms with Crippen LogP contribution in [-0.2, 0) is 10.2 Å². The number of rotatable bonds is 7. The summed E-state index contributed by atoms with van der Waals surface area (Å²) in [5.41, 5.74) is 1.27. The Kier molecular flexibility index (Phi) is 5.71. The van der Waals surface area contributed by atoms with Gasteiger partial charge in [0.25, 0.3) is 0 Å². The summed E-state index contributed by atoms with van der Waals surface area (Å²) in [6.07, 6.45) is 1.34. The average molecular weight is 415 g/mol. The van der Waals surface area contributed by atoms with Crippen LogP contribution in [0.1, 0.15) is 16.2 Å². The Balaban J connectivity index is 2.15. The van der Waals surface area contributed by atoms with Crippen molar-refractivity contribution in [3.8, 4) is 22.8 Å². The topological polar surface area (TPSA) is 90.7 Å². The predicted molar refractivity (Wildman–Crippen MR) is 109 cm³/mol. The van der Waals surface area contributed by atoms with Gasteiger partial charge in [0.05, 0.1) is 26.1 Å². The minimum absolute atomic E-state index is 0.210. The lowest BCUT2D eigenvalue weighted by molar-refractivity contribution is 0.102. The van der Waals surface area contributed by atoms with Crippen LogP contribution in [0.3, 0.4) is 0 Å². The van der Waals surface area contributed by atoms with E-state index in [0.29, 0.717) is 22.8 Å². The van der Waals surface area contributed by atoms with Gasteiger partial charge in [-0.3, -0.25) is 4.79 Å². The van der Waals surface area contributed by atoms with Crippen molar-refractivity contribution in [3.63, 3.8) is 0 Å². The van der Waals surface area contributed by atoms with Crippen LogP contribution in [0.15, 0.2) is 54.7 Å². The molecule has 2 aromatic carbocycles. The lowest BCUT2D eigenvalue weighted by atomic mass is 10.1. The molecule has 0 radical (unpaired) electrons. The van der Waals surface area contributed by atoms with Crippen LogP contribution in [-0.4, -0.2) is 55.8 Å². The highest BCUT2D eigenvalue weighted by Gasteiger charge is 2.27. The maximum Gasteiger partial charge on any atom is 0.308 e. The van der Waals surface area contributed by atoms with Crippen molar-refractivity contribution < 1.29 is 22.7 Å². The Morgan fingerprint density at radius 3 is 2.24 bits per heavy atom. The van der Waals surface area contributed by atoms with Crippen LogP contribution in [0.2, 0.25) is 0 Å². The van der Waals surface area contributed by atoms with Crippen LogP contribution in [0.25, 0.3) is 11.3 Å². The molecule has 0 atom stereocenters. The van der Waals surface area contributed by atoms with E-state index in [0.717, 1.165) is 8.28 Å². The first-order chi connectivity index (χ1) is 13.8. The second-order valence-electron chi connectivity index (χ2n) is 6.33. The molecule has 1 aromatic heterocycles. The summed E-state index contributed by atoms with van der Waals surface area (Å²) < 4.78 is 37.8. The summed E-state index contributed by atoms with van der Waals surface area (Å²) in [4.78, 5) is 17.5. The number of ether oxygens (including phenoxy) is 2. The van der Waals surface area contributed by atoms with Crippen molar-refractivity contribution in [1.82, 2.24) is 13.3 Å². The molecule has 8 nitrogen and oxygen atoms in total. The molecule has 9 heteroatoms. The van der Waals surface area contributed by atoms with E-state index in [1.54, 1.807) is 49.6 Å². The van der Waals surface area contributed by atoms with Gasteiger partial charge in [0.1, 0.15) is 11.5 Å². The zero-order valence-corrected chi connectivity index (χ0v) is 17.3. The van der Waals surface area contributed by atoms with Crippen LogP contribution >= 0.6 is 0 Å². The van der Waals surface area contributed by atoms with Crippen molar-refractivity contribution in [1.29, 1.82) is 0 Å². The number of carbonyl (C=O) groups excluding carboxylic acids is 1. The van der Waals surface area contributed by atoms with E-state index >= 15 is 0 Å². The predicted octanol–water partition coefficient (Wildman–Crippen LogP) is 2.45. The Bertz CT molecular complexity index is 1140. The molecule has 3 aromatic rings. The molecule has 0 saturated carbocycles. The molecular formula is C20H21N3O5S. The summed E-state index contributed by atoms with van der Waals surface area (Å²) in [5.74, 6) is 0.397. The van der Waals surface area contributed by atoms with Gasteiger partial charge in [0.2, 0.25) is 5.78 Å². The number of ketones is 1. The minimum Gasteiger partial charge on any atom is -0.497 e. The highest BCUT2D eigenvalue weighted by atomic mass is 32.2. The largest absolute Gasteiger partial charge is 0.497 e. The average Bonchev–Trinajstić information content (AvgIpc) is 3.19. The molecule has 29 heavy (non-hydrogen) atoms. The fraction of sp³-hybridized carbons (Fsp3) is 0.200. The highest BCUT2D eigenvalue weighted by Crippen LogP contribution is 2.25. The Morgan fingerprint density at radius 2 is 1.66 bits per heavy atom. The quantitative estimate of drug-likeness (QED) is 0.551. The first kappa shape index (κ1) is 20.6. The molecule has 0 saturated heterocycles. The van der Waals surface area contributed by atoms with Crippen LogP contribution in [0.4, 0.5) is 0 Å². The third-order valence-corrected chi connectivity index (χ3v) is 6.00. The number of carbonyl (C=O) groups is 1. The third-order valence-electron chi connectivity index (χ3n) is 4.31. The van der Waals surface area contributed by atoms with E-state index in [-0.39, 0.29) is 11.4 Å². The molecule has 3 rings (SSSR count). The molecule has 0 aliphatic carbocycles. The van der Waals surface area contributed by atoms with E-state index in [4.69, 9.17) is 9.47 Å². The van der Waals surface area contributed by atoms with Gasteiger partial charge in [-0.05, 0) is 36.4 Å². The monoisotopic (exact) mass is 415 g/mol. The molecule has 0 spiro atoms. The van der Waals surface area contributed by atoms with Crippen molar-refractivity contribution in [2.45, 2.75) is 0 Å². The van der Waals surface area contributed by atoms with Crippen molar-refractivity contribution in [2.75, 3.05) is 28.3 Å². The van der Waals surface area contributed by atoms with Gasteiger partial charge >= 0.3 is 10.2 Å². The number of hydrogen-bond donors (Lipinski definition) is 0.